The van der Waals surface area contributed by atoms with Crippen molar-refractivity contribution in [2.45, 2.75) is 19.3 Å². The van der Waals surface area contributed by atoms with E-state index < -0.39 is 0 Å². The highest BCUT2D eigenvalue weighted by atomic mass is 16.5. The van der Waals surface area contributed by atoms with Gasteiger partial charge in [-0.2, -0.15) is 0 Å². The topological polar surface area (TPSA) is 27.5 Å². The van der Waals surface area contributed by atoms with Crippen LogP contribution in [-0.4, -0.2) is 0 Å². The Kier molecular flexibility index (Phi) is 1.64. The Morgan fingerprint density at radius 3 is 3.18 bits per heavy atom. The molecule has 2 heteroatoms. The first-order valence-corrected chi connectivity index (χ1v) is 4.00. The SMILES string of the molecule is [O-][NH+]1C=CC=C2CCCC=C21. The summed E-state index contributed by atoms with van der Waals surface area (Å²) in [6.45, 7) is 0. The van der Waals surface area contributed by atoms with Crippen molar-refractivity contribution in [1.29, 1.82) is 0 Å². The van der Waals surface area contributed by atoms with Gasteiger partial charge in [-0.15, -0.1) is 0 Å². The van der Waals surface area contributed by atoms with E-state index in [1.165, 1.54) is 12.0 Å². The molecule has 0 saturated heterocycles. The van der Waals surface area contributed by atoms with Crippen LogP contribution < -0.4 is 5.06 Å². The molecule has 0 aromatic carbocycles. The fourth-order valence-electron chi connectivity index (χ4n) is 1.58. The minimum Gasteiger partial charge on any atom is -0.624 e. The maximum absolute atomic E-state index is 11.2. The molecule has 58 valence electrons. The fourth-order valence-corrected chi connectivity index (χ4v) is 1.58. The lowest BCUT2D eigenvalue weighted by atomic mass is 9.97. The third kappa shape index (κ3) is 1.15. The Labute approximate surface area is 66.1 Å². The molecular formula is C9H11NO. The van der Waals surface area contributed by atoms with Crippen molar-refractivity contribution >= 4 is 0 Å². The molecule has 2 nitrogen and oxygen atoms in total. The van der Waals surface area contributed by atoms with Gasteiger partial charge in [-0.25, -0.2) is 0 Å². The van der Waals surface area contributed by atoms with Crippen LogP contribution in [0.2, 0.25) is 0 Å². The molecular weight excluding hydrogens is 138 g/mol. The van der Waals surface area contributed by atoms with Gasteiger partial charge < -0.3 is 10.3 Å². The van der Waals surface area contributed by atoms with E-state index in [1.54, 1.807) is 6.20 Å². The van der Waals surface area contributed by atoms with E-state index in [2.05, 4.69) is 6.08 Å². The number of hydroxylamine groups is 2. The molecule has 0 aromatic heterocycles. The summed E-state index contributed by atoms with van der Waals surface area (Å²) in [7, 11) is 0. The molecule has 1 unspecified atom stereocenters. The summed E-state index contributed by atoms with van der Waals surface area (Å²) in [5.41, 5.74) is 2.17. The highest BCUT2D eigenvalue weighted by Gasteiger charge is 2.16. The molecule has 1 N–H and O–H groups in total. The first-order valence-electron chi connectivity index (χ1n) is 4.00. The molecule has 1 atom stereocenters. The lowest BCUT2D eigenvalue weighted by Crippen LogP contribution is -3.00. The van der Waals surface area contributed by atoms with Crippen molar-refractivity contribution in [2.24, 2.45) is 0 Å². The molecule has 2 aliphatic rings. The molecule has 2 rings (SSSR count). The predicted octanol–water partition coefficient (Wildman–Crippen LogP) is 0.891. The van der Waals surface area contributed by atoms with Gasteiger partial charge in [0.05, 0.1) is 6.20 Å². The van der Waals surface area contributed by atoms with Crippen LogP contribution >= 0.6 is 0 Å². The highest BCUT2D eigenvalue weighted by molar-refractivity contribution is 5.32. The average molecular weight is 149 g/mol. The largest absolute Gasteiger partial charge is 0.624 e. The Hall–Kier alpha value is -0.860. The van der Waals surface area contributed by atoms with Crippen LogP contribution in [0.3, 0.4) is 0 Å². The van der Waals surface area contributed by atoms with E-state index in [-0.39, 0.29) is 5.06 Å². The third-order valence-corrected chi connectivity index (χ3v) is 2.16. The quantitative estimate of drug-likeness (QED) is 0.509. The van der Waals surface area contributed by atoms with Crippen LogP contribution in [0.15, 0.2) is 35.7 Å². The zero-order valence-corrected chi connectivity index (χ0v) is 6.34. The van der Waals surface area contributed by atoms with Crippen molar-refractivity contribution in [2.75, 3.05) is 0 Å². The summed E-state index contributed by atoms with van der Waals surface area (Å²) < 4.78 is 0. The molecule has 0 spiro atoms. The Bertz CT molecular complexity index is 250. The van der Waals surface area contributed by atoms with Gasteiger partial charge >= 0.3 is 0 Å². The van der Waals surface area contributed by atoms with Crippen molar-refractivity contribution in [1.82, 2.24) is 0 Å². The lowest BCUT2D eigenvalue weighted by molar-refractivity contribution is -0.745. The number of allylic oxidation sites excluding steroid dienone is 4. The van der Waals surface area contributed by atoms with Gasteiger partial charge in [0.15, 0.2) is 0 Å². The number of quaternary nitrogens is 1. The van der Waals surface area contributed by atoms with Gasteiger partial charge in [0.25, 0.3) is 0 Å². The number of hydrogen-bond acceptors (Lipinski definition) is 1. The summed E-state index contributed by atoms with van der Waals surface area (Å²) >= 11 is 0. The third-order valence-electron chi connectivity index (χ3n) is 2.16. The molecule has 0 saturated carbocycles. The standard InChI is InChI=1S/C9H11NO/c11-10-7-3-5-8-4-1-2-6-9(8)10/h3,5-7,10H,1-2,4H2. The molecule has 0 radical (unpaired) electrons. The molecule has 0 aromatic rings. The van der Waals surface area contributed by atoms with Crippen molar-refractivity contribution in [3.63, 3.8) is 0 Å². The van der Waals surface area contributed by atoms with Crippen LogP contribution in [0.25, 0.3) is 0 Å². The zero-order chi connectivity index (χ0) is 7.68. The van der Waals surface area contributed by atoms with Gasteiger partial charge in [-0.1, -0.05) is 0 Å². The minimum atomic E-state index is 0.183. The van der Waals surface area contributed by atoms with Crippen LogP contribution in [0.1, 0.15) is 19.3 Å². The number of rotatable bonds is 0. The number of fused-ring (bicyclic) bond motifs is 1. The summed E-state index contributed by atoms with van der Waals surface area (Å²) in [5, 5.41) is 11.4. The van der Waals surface area contributed by atoms with Crippen LogP contribution in [0.5, 0.6) is 0 Å². The lowest BCUT2D eigenvalue weighted by Gasteiger charge is -2.26. The van der Waals surface area contributed by atoms with Crippen LogP contribution in [0, 0.1) is 5.21 Å². The second-order valence-corrected chi connectivity index (χ2v) is 2.93. The van der Waals surface area contributed by atoms with E-state index in [1.807, 2.05) is 12.2 Å². The van der Waals surface area contributed by atoms with Gasteiger partial charge in [0.1, 0.15) is 5.70 Å². The Morgan fingerprint density at radius 1 is 1.45 bits per heavy atom. The van der Waals surface area contributed by atoms with E-state index in [9.17, 15) is 5.21 Å². The summed E-state index contributed by atoms with van der Waals surface area (Å²) in [6, 6.07) is 0. The van der Waals surface area contributed by atoms with E-state index in [0.29, 0.717) is 0 Å². The van der Waals surface area contributed by atoms with Gasteiger partial charge in [-0.05, 0) is 37.5 Å². The van der Waals surface area contributed by atoms with Gasteiger partial charge in [0.2, 0.25) is 0 Å². The van der Waals surface area contributed by atoms with E-state index in [4.69, 9.17) is 0 Å². The van der Waals surface area contributed by atoms with Crippen molar-refractivity contribution in [3.05, 3.63) is 40.9 Å². The Morgan fingerprint density at radius 2 is 2.36 bits per heavy atom. The minimum absolute atomic E-state index is 0.183. The second-order valence-electron chi connectivity index (χ2n) is 2.93. The molecule has 1 heterocycles. The van der Waals surface area contributed by atoms with Gasteiger partial charge in [-0.3, -0.25) is 0 Å². The van der Waals surface area contributed by atoms with E-state index in [0.717, 1.165) is 18.5 Å². The van der Waals surface area contributed by atoms with Crippen molar-refractivity contribution in [3.8, 4) is 0 Å². The van der Waals surface area contributed by atoms with Crippen LogP contribution in [0.4, 0.5) is 0 Å². The summed E-state index contributed by atoms with van der Waals surface area (Å²) in [4.78, 5) is 0. The molecule has 0 fully saturated rings. The normalized spacial score (nSPS) is 29.0. The smallest absolute Gasteiger partial charge is 0.134 e. The summed E-state index contributed by atoms with van der Waals surface area (Å²) in [5.74, 6) is 0. The maximum atomic E-state index is 11.2. The van der Waals surface area contributed by atoms with Gasteiger partial charge in [0, 0.05) is 5.57 Å². The van der Waals surface area contributed by atoms with Crippen molar-refractivity contribution < 1.29 is 5.06 Å². The molecule has 1 aliphatic carbocycles. The first-order chi connectivity index (χ1) is 5.38. The monoisotopic (exact) mass is 149 g/mol. The first kappa shape index (κ1) is 6.83. The van der Waals surface area contributed by atoms with E-state index >= 15 is 0 Å². The molecule has 1 aliphatic heterocycles. The zero-order valence-electron chi connectivity index (χ0n) is 6.34. The Balaban J connectivity index is 2.35. The molecule has 11 heavy (non-hydrogen) atoms. The molecule has 0 amide bonds. The predicted molar refractivity (Wildman–Crippen MR) is 43.5 cm³/mol. The highest BCUT2D eigenvalue weighted by Crippen LogP contribution is 2.21. The average Bonchev–Trinajstić information content (AvgIpc) is 2.06. The number of hydrogen-bond donors (Lipinski definition) is 1. The second kappa shape index (κ2) is 2.64. The summed E-state index contributed by atoms with van der Waals surface area (Å²) in [6.07, 6.45) is 10.9. The molecule has 0 bridgehead atoms. The number of nitrogens with one attached hydrogen (secondary N) is 1. The fraction of sp³-hybridized carbons (Fsp3) is 0.333. The maximum Gasteiger partial charge on any atom is 0.134 e. The van der Waals surface area contributed by atoms with Crippen LogP contribution in [-0.2, 0) is 0 Å².